The fourth-order valence-electron chi connectivity index (χ4n) is 2.88. The first-order valence-corrected chi connectivity index (χ1v) is 10.5. The Hall–Kier alpha value is -2.66. The van der Waals surface area contributed by atoms with E-state index < -0.39 is 16.1 Å². The molecule has 0 radical (unpaired) electrons. The third kappa shape index (κ3) is 4.85. The van der Waals surface area contributed by atoms with Crippen molar-refractivity contribution in [2.75, 3.05) is 26.7 Å². The molecule has 29 heavy (non-hydrogen) atoms. The number of aromatic amines is 1. The Morgan fingerprint density at radius 3 is 2.79 bits per heavy atom. The number of aromatic hydroxyl groups is 1. The summed E-state index contributed by atoms with van der Waals surface area (Å²) in [6.45, 7) is 3.02. The van der Waals surface area contributed by atoms with Gasteiger partial charge in [-0.15, -0.1) is 0 Å². The number of phenols is 1. The SMILES string of the molecule is CNS(=O)(=O)c1cc([C@@H](O)CNCCOc2ccc3c(C)[nH]nc3c2)ccc1O. The third-order valence-corrected chi connectivity index (χ3v) is 5.97. The minimum Gasteiger partial charge on any atom is -0.507 e. The lowest BCUT2D eigenvalue weighted by molar-refractivity contribution is 0.171. The highest BCUT2D eigenvalue weighted by atomic mass is 32.2. The van der Waals surface area contributed by atoms with Crippen LogP contribution in [0.25, 0.3) is 10.9 Å². The number of H-pyrrole nitrogens is 1. The number of hydrogen-bond acceptors (Lipinski definition) is 7. The van der Waals surface area contributed by atoms with Crippen molar-refractivity contribution >= 4 is 20.9 Å². The summed E-state index contributed by atoms with van der Waals surface area (Å²) in [5.41, 5.74) is 2.22. The van der Waals surface area contributed by atoms with E-state index >= 15 is 0 Å². The number of aromatic nitrogens is 2. The maximum Gasteiger partial charge on any atom is 0.243 e. The van der Waals surface area contributed by atoms with Gasteiger partial charge in [0.1, 0.15) is 23.0 Å². The molecule has 9 nitrogen and oxygen atoms in total. The Morgan fingerprint density at radius 1 is 1.24 bits per heavy atom. The molecule has 1 aromatic heterocycles. The first-order chi connectivity index (χ1) is 13.8. The third-order valence-electron chi connectivity index (χ3n) is 4.53. The van der Waals surface area contributed by atoms with E-state index in [4.69, 9.17) is 4.74 Å². The van der Waals surface area contributed by atoms with Crippen LogP contribution in [-0.2, 0) is 10.0 Å². The van der Waals surface area contributed by atoms with E-state index in [0.717, 1.165) is 16.6 Å². The number of rotatable bonds is 9. The molecule has 0 bridgehead atoms. The average Bonchev–Trinajstić information content (AvgIpc) is 3.08. The lowest BCUT2D eigenvalue weighted by Crippen LogP contribution is -2.26. The van der Waals surface area contributed by atoms with Gasteiger partial charge in [0.2, 0.25) is 10.0 Å². The fourth-order valence-corrected chi connectivity index (χ4v) is 3.73. The highest BCUT2D eigenvalue weighted by molar-refractivity contribution is 7.89. The predicted octanol–water partition coefficient (Wildman–Crippen LogP) is 1.19. The summed E-state index contributed by atoms with van der Waals surface area (Å²) in [6.07, 6.45) is -0.940. The van der Waals surface area contributed by atoms with Gasteiger partial charge in [0, 0.05) is 30.2 Å². The van der Waals surface area contributed by atoms with Crippen molar-refractivity contribution in [2.45, 2.75) is 17.9 Å². The topological polar surface area (TPSA) is 137 Å². The standard InChI is InChI=1S/C19H24N4O5S/c1-12-15-5-4-14(10-16(15)23-22-12)28-8-7-21-11-18(25)13-3-6-17(24)19(9-13)29(26,27)20-2/h3-6,9-10,18,20-21,24-25H,7-8,11H2,1-2H3,(H,22,23)/t18-/m0/s1. The Morgan fingerprint density at radius 2 is 2.03 bits per heavy atom. The van der Waals surface area contributed by atoms with Gasteiger partial charge in [0.05, 0.1) is 11.6 Å². The van der Waals surface area contributed by atoms with E-state index in [1.54, 1.807) is 0 Å². The molecule has 10 heteroatoms. The van der Waals surface area contributed by atoms with E-state index in [1.807, 2.05) is 25.1 Å². The molecule has 156 valence electrons. The van der Waals surface area contributed by atoms with Gasteiger partial charge in [-0.1, -0.05) is 6.07 Å². The number of nitrogens with zero attached hydrogens (tertiary/aromatic N) is 1. The minimum absolute atomic E-state index is 0.199. The number of fused-ring (bicyclic) bond motifs is 1. The number of aryl methyl sites for hydroxylation is 1. The van der Waals surface area contributed by atoms with Gasteiger partial charge in [-0.2, -0.15) is 5.10 Å². The molecule has 0 aliphatic rings. The molecular formula is C19H24N4O5S. The zero-order valence-electron chi connectivity index (χ0n) is 16.1. The van der Waals surface area contributed by atoms with Gasteiger partial charge in [-0.25, -0.2) is 13.1 Å². The smallest absolute Gasteiger partial charge is 0.243 e. The largest absolute Gasteiger partial charge is 0.507 e. The van der Waals surface area contributed by atoms with Gasteiger partial charge in [-0.3, -0.25) is 5.10 Å². The molecule has 2 aromatic carbocycles. The normalized spacial score (nSPS) is 12.9. The zero-order valence-corrected chi connectivity index (χ0v) is 17.0. The quantitative estimate of drug-likeness (QED) is 0.328. The monoisotopic (exact) mass is 420 g/mol. The number of aliphatic hydroxyl groups excluding tert-OH is 1. The number of sulfonamides is 1. The first kappa shape index (κ1) is 21.1. The molecule has 0 saturated heterocycles. The second-order valence-corrected chi connectivity index (χ2v) is 8.39. The van der Waals surface area contributed by atoms with Crippen LogP contribution in [0.5, 0.6) is 11.5 Å². The summed E-state index contributed by atoms with van der Waals surface area (Å²) in [5, 5.41) is 31.3. The van der Waals surface area contributed by atoms with Crippen molar-refractivity contribution < 1.29 is 23.4 Å². The predicted molar refractivity (Wildman–Crippen MR) is 109 cm³/mol. The fraction of sp³-hybridized carbons (Fsp3) is 0.316. The van der Waals surface area contributed by atoms with Crippen LogP contribution in [0.2, 0.25) is 0 Å². The van der Waals surface area contributed by atoms with E-state index in [0.29, 0.717) is 24.5 Å². The highest BCUT2D eigenvalue weighted by Gasteiger charge is 2.19. The molecule has 0 spiro atoms. The number of hydrogen-bond donors (Lipinski definition) is 5. The summed E-state index contributed by atoms with van der Waals surface area (Å²) < 4.78 is 31.7. The Bertz CT molecular complexity index is 1100. The molecule has 0 saturated carbocycles. The summed E-state index contributed by atoms with van der Waals surface area (Å²) in [5.74, 6) is 0.326. The van der Waals surface area contributed by atoms with E-state index in [9.17, 15) is 18.6 Å². The molecule has 0 unspecified atom stereocenters. The van der Waals surface area contributed by atoms with Crippen LogP contribution in [0.3, 0.4) is 0 Å². The van der Waals surface area contributed by atoms with E-state index in [-0.39, 0.29) is 17.2 Å². The Kier molecular flexibility index (Phi) is 6.38. The van der Waals surface area contributed by atoms with Crippen LogP contribution in [0, 0.1) is 6.92 Å². The number of aliphatic hydroxyl groups is 1. The van der Waals surface area contributed by atoms with Crippen LogP contribution >= 0.6 is 0 Å². The zero-order chi connectivity index (χ0) is 21.0. The molecule has 0 fully saturated rings. The molecule has 0 amide bonds. The number of ether oxygens (including phenoxy) is 1. The van der Waals surface area contributed by atoms with Crippen LogP contribution in [0.15, 0.2) is 41.3 Å². The summed E-state index contributed by atoms with van der Waals surface area (Å²) >= 11 is 0. The molecule has 1 heterocycles. The average molecular weight is 420 g/mol. The van der Waals surface area contributed by atoms with Crippen molar-refractivity contribution in [3.63, 3.8) is 0 Å². The lowest BCUT2D eigenvalue weighted by Gasteiger charge is -2.14. The molecule has 0 aliphatic carbocycles. The van der Waals surface area contributed by atoms with Gasteiger partial charge in [-0.05, 0) is 43.8 Å². The van der Waals surface area contributed by atoms with Gasteiger partial charge >= 0.3 is 0 Å². The van der Waals surface area contributed by atoms with Gasteiger partial charge in [0.25, 0.3) is 0 Å². The van der Waals surface area contributed by atoms with Crippen LogP contribution in [-0.4, -0.2) is 55.6 Å². The van der Waals surface area contributed by atoms with E-state index in [2.05, 4.69) is 20.2 Å². The Balaban J connectivity index is 1.50. The van der Waals surface area contributed by atoms with Crippen molar-refractivity contribution in [1.29, 1.82) is 0 Å². The summed E-state index contributed by atoms with van der Waals surface area (Å²) in [6, 6.07) is 9.66. The summed E-state index contributed by atoms with van der Waals surface area (Å²) in [7, 11) is -2.56. The molecule has 0 aliphatic heterocycles. The highest BCUT2D eigenvalue weighted by Crippen LogP contribution is 2.26. The van der Waals surface area contributed by atoms with Gasteiger partial charge in [0.15, 0.2) is 0 Å². The van der Waals surface area contributed by atoms with Crippen LogP contribution in [0.4, 0.5) is 0 Å². The maximum atomic E-state index is 11.9. The minimum atomic E-state index is -3.82. The molecule has 3 aromatic rings. The molecule has 5 N–H and O–H groups in total. The first-order valence-electron chi connectivity index (χ1n) is 9.04. The van der Waals surface area contributed by atoms with Crippen molar-refractivity contribution in [2.24, 2.45) is 0 Å². The van der Waals surface area contributed by atoms with Crippen LogP contribution in [0.1, 0.15) is 17.4 Å². The van der Waals surface area contributed by atoms with E-state index in [1.165, 1.54) is 25.2 Å². The number of nitrogens with one attached hydrogen (secondary N) is 3. The second-order valence-electron chi connectivity index (χ2n) is 6.53. The van der Waals surface area contributed by atoms with Crippen molar-refractivity contribution in [3.8, 4) is 11.5 Å². The van der Waals surface area contributed by atoms with Crippen LogP contribution < -0.4 is 14.8 Å². The molecule has 3 rings (SSSR count). The lowest BCUT2D eigenvalue weighted by atomic mass is 10.1. The number of benzene rings is 2. The molecular weight excluding hydrogens is 396 g/mol. The van der Waals surface area contributed by atoms with Gasteiger partial charge < -0.3 is 20.3 Å². The second kappa shape index (κ2) is 8.78. The number of phenolic OH excluding ortho intramolecular Hbond substituents is 1. The Labute approximate surface area is 168 Å². The summed E-state index contributed by atoms with van der Waals surface area (Å²) in [4.78, 5) is -0.274. The maximum absolute atomic E-state index is 11.9. The van der Waals surface area contributed by atoms with Crippen molar-refractivity contribution in [3.05, 3.63) is 47.7 Å². The van der Waals surface area contributed by atoms with Crippen molar-refractivity contribution in [1.82, 2.24) is 20.2 Å². The molecule has 1 atom stereocenters.